The summed E-state index contributed by atoms with van der Waals surface area (Å²) in [5, 5.41) is 2.75. The van der Waals surface area contributed by atoms with E-state index in [2.05, 4.69) is 10.2 Å². The first-order chi connectivity index (χ1) is 8.11. The monoisotopic (exact) mass is 233 g/mol. The molecule has 4 heteroatoms. The molecule has 1 aliphatic heterocycles. The number of benzene rings is 1. The van der Waals surface area contributed by atoms with Gasteiger partial charge in [-0.2, -0.15) is 0 Å². The molecule has 17 heavy (non-hydrogen) atoms. The summed E-state index contributed by atoms with van der Waals surface area (Å²) >= 11 is 0. The summed E-state index contributed by atoms with van der Waals surface area (Å²) in [7, 11) is 3.74. The van der Waals surface area contributed by atoms with Gasteiger partial charge in [-0.05, 0) is 24.7 Å². The summed E-state index contributed by atoms with van der Waals surface area (Å²) in [5.41, 5.74) is 7.64. The normalized spacial score (nSPS) is 24.8. The molecule has 2 atom stereocenters. The molecule has 1 saturated heterocycles. The van der Waals surface area contributed by atoms with Crippen molar-refractivity contribution in [2.75, 3.05) is 32.9 Å². The highest BCUT2D eigenvalue weighted by Crippen LogP contribution is 2.32. The van der Waals surface area contributed by atoms with E-state index in [1.807, 2.05) is 31.3 Å². The van der Waals surface area contributed by atoms with Gasteiger partial charge in [-0.25, -0.2) is 0 Å². The molecular weight excluding hydrogens is 214 g/mol. The number of carbonyl (C=O) groups is 1. The van der Waals surface area contributed by atoms with Crippen LogP contribution in [0.15, 0.2) is 24.3 Å². The van der Waals surface area contributed by atoms with Gasteiger partial charge >= 0.3 is 0 Å². The third-order valence-corrected chi connectivity index (χ3v) is 3.45. The number of likely N-dealkylation sites (tertiary alicyclic amines) is 1. The molecule has 4 nitrogen and oxygen atoms in total. The maximum atomic E-state index is 11.8. The van der Waals surface area contributed by atoms with Crippen LogP contribution in [0.4, 0.5) is 5.69 Å². The van der Waals surface area contributed by atoms with Crippen LogP contribution in [0.25, 0.3) is 0 Å². The first-order valence-electron chi connectivity index (χ1n) is 5.87. The van der Waals surface area contributed by atoms with Crippen LogP contribution >= 0.6 is 0 Å². The average molecular weight is 233 g/mol. The standard InChI is InChI=1S/C13H19N3O/c1-15-13(17)12-8-16(2)7-11(12)9-3-5-10(14)6-4-9/h3-6,11-12H,7-8,14H2,1-2H3,(H,15,17). The van der Waals surface area contributed by atoms with Crippen molar-refractivity contribution in [1.82, 2.24) is 10.2 Å². The van der Waals surface area contributed by atoms with Gasteiger partial charge in [-0.3, -0.25) is 4.79 Å². The molecule has 0 bridgehead atoms. The van der Waals surface area contributed by atoms with Crippen LogP contribution in [0.3, 0.4) is 0 Å². The maximum Gasteiger partial charge on any atom is 0.224 e. The zero-order valence-corrected chi connectivity index (χ0v) is 10.3. The van der Waals surface area contributed by atoms with Crippen molar-refractivity contribution in [3.8, 4) is 0 Å². The molecule has 1 aromatic rings. The zero-order chi connectivity index (χ0) is 12.4. The predicted octanol–water partition coefficient (Wildman–Crippen LogP) is 0.660. The van der Waals surface area contributed by atoms with E-state index in [9.17, 15) is 4.79 Å². The minimum Gasteiger partial charge on any atom is -0.399 e. The highest BCUT2D eigenvalue weighted by Gasteiger charge is 2.36. The summed E-state index contributed by atoms with van der Waals surface area (Å²) in [6.07, 6.45) is 0. The van der Waals surface area contributed by atoms with Gasteiger partial charge in [0.25, 0.3) is 0 Å². The van der Waals surface area contributed by atoms with Gasteiger partial charge < -0.3 is 16.0 Å². The molecule has 1 amide bonds. The molecule has 92 valence electrons. The van der Waals surface area contributed by atoms with Crippen molar-refractivity contribution in [1.29, 1.82) is 0 Å². The molecule has 1 aromatic carbocycles. The van der Waals surface area contributed by atoms with Crippen molar-refractivity contribution in [2.24, 2.45) is 5.92 Å². The minimum absolute atomic E-state index is 0.0358. The number of amides is 1. The van der Waals surface area contributed by atoms with Gasteiger partial charge in [0.2, 0.25) is 5.91 Å². The van der Waals surface area contributed by atoms with E-state index in [0.29, 0.717) is 0 Å². The molecule has 1 heterocycles. The molecule has 0 spiro atoms. The van der Waals surface area contributed by atoms with Gasteiger partial charge in [-0.1, -0.05) is 12.1 Å². The van der Waals surface area contributed by atoms with Crippen LogP contribution in [0.5, 0.6) is 0 Å². The predicted molar refractivity (Wildman–Crippen MR) is 68.6 cm³/mol. The second-order valence-corrected chi connectivity index (χ2v) is 4.72. The van der Waals surface area contributed by atoms with E-state index in [-0.39, 0.29) is 17.7 Å². The van der Waals surface area contributed by atoms with E-state index >= 15 is 0 Å². The molecule has 1 aliphatic rings. The fourth-order valence-corrected chi connectivity index (χ4v) is 2.53. The van der Waals surface area contributed by atoms with Crippen molar-refractivity contribution >= 4 is 11.6 Å². The fraction of sp³-hybridized carbons (Fsp3) is 0.462. The average Bonchev–Trinajstić information content (AvgIpc) is 2.71. The molecule has 0 aromatic heterocycles. The summed E-state index contributed by atoms with van der Waals surface area (Å²) in [4.78, 5) is 14.0. The van der Waals surface area contributed by atoms with Gasteiger partial charge in [0.1, 0.15) is 0 Å². The quantitative estimate of drug-likeness (QED) is 0.738. The Balaban J connectivity index is 2.23. The largest absolute Gasteiger partial charge is 0.399 e. The third-order valence-electron chi connectivity index (χ3n) is 3.45. The number of nitrogen functional groups attached to an aromatic ring is 1. The zero-order valence-electron chi connectivity index (χ0n) is 10.3. The Bertz CT molecular complexity index is 402. The van der Waals surface area contributed by atoms with Crippen molar-refractivity contribution in [3.63, 3.8) is 0 Å². The smallest absolute Gasteiger partial charge is 0.224 e. The molecule has 0 radical (unpaired) electrons. The van der Waals surface area contributed by atoms with E-state index in [4.69, 9.17) is 5.73 Å². The van der Waals surface area contributed by atoms with E-state index in [1.54, 1.807) is 7.05 Å². The second kappa shape index (κ2) is 4.75. The van der Waals surface area contributed by atoms with Crippen molar-refractivity contribution in [3.05, 3.63) is 29.8 Å². The Morgan fingerprint density at radius 3 is 2.59 bits per heavy atom. The Hall–Kier alpha value is -1.55. The first-order valence-corrected chi connectivity index (χ1v) is 5.87. The Morgan fingerprint density at radius 1 is 1.35 bits per heavy atom. The lowest BCUT2D eigenvalue weighted by Crippen LogP contribution is -2.31. The Morgan fingerprint density at radius 2 is 2.00 bits per heavy atom. The summed E-state index contributed by atoms with van der Waals surface area (Å²) in [5.74, 6) is 0.422. The van der Waals surface area contributed by atoms with Crippen LogP contribution < -0.4 is 11.1 Å². The highest BCUT2D eigenvalue weighted by atomic mass is 16.1. The molecule has 0 aliphatic carbocycles. The number of nitrogens with zero attached hydrogens (tertiary/aromatic N) is 1. The lowest BCUT2D eigenvalue weighted by molar-refractivity contribution is -0.124. The number of hydrogen-bond donors (Lipinski definition) is 2. The lowest BCUT2D eigenvalue weighted by atomic mass is 9.88. The number of nitrogens with one attached hydrogen (secondary N) is 1. The van der Waals surface area contributed by atoms with Crippen molar-refractivity contribution in [2.45, 2.75) is 5.92 Å². The topological polar surface area (TPSA) is 58.4 Å². The van der Waals surface area contributed by atoms with Crippen LogP contribution in [-0.2, 0) is 4.79 Å². The first kappa shape index (κ1) is 11.9. The van der Waals surface area contributed by atoms with Gasteiger partial charge in [-0.15, -0.1) is 0 Å². The van der Waals surface area contributed by atoms with E-state index < -0.39 is 0 Å². The lowest BCUT2D eigenvalue weighted by Gasteiger charge is -2.17. The van der Waals surface area contributed by atoms with Crippen LogP contribution in [0, 0.1) is 5.92 Å². The van der Waals surface area contributed by atoms with Gasteiger partial charge in [0, 0.05) is 31.7 Å². The SMILES string of the molecule is CNC(=O)C1CN(C)CC1c1ccc(N)cc1. The molecule has 2 unspecified atom stereocenters. The number of carbonyl (C=O) groups excluding carboxylic acids is 1. The number of hydrogen-bond acceptors (Lipinski definition) is 3. The van der Waals surface area contributed by atoms with Gasteiger partial charge in [0.05, 0.1) is 5.92 Å². The third kappa shape index (κ3) is 2.42. The van der Waals surface area contributed by atoms with Crippen LogP contribution in [-0.4, -0.2) is 38.0 Å². The van der Waals surface area contributed by atoms with Gasteiger partial charge in [0.15, 0.2) is 0 Å². The summed E-state index contributed by atoms with van der Waals surface area (Å²) < 4.78 is 0. The Kier molecular flexibility index (Phi) is 3.33. The summed E-state index contributed by atoms with van der Waals surface area (Å²) in [6.45, 7) is 1.73. The van der Waals surface area contributed by atoms with E-state index in [0.717, 1.165) is 18.8 Å². The molecular formula is C13H19N3O. The van der Waals surface area contributed by atoms with Crippen LogP contribution in [0.2, 0.25) is 0 Å². The second-order valence-electron chi connectivity index (χ2n) is 4.72. The molecule has 3 N–H and O–H groups in total. The fourth-order valence-electron chi connectivity index (χ4n) is 2.53. The van der Waals surface area contributed by atoms with Crippen molar-refractivity contribution < 1.29 is 4.79 Å². The number of nitrogens with two attached hydrogens (primary N) is 1. The maximum absolute atomic E-state index is 11.8. The molecule has 1 fully saturated rings. The molecule has 2 rings (SSSR count). The van der Waals surface area contributed by atoms with Crippen LogP contribution in [0.1, 0.15) is 11.5 Å². The highest BCUT2D eigenvalue weighted by molar-refractivity contribution is 5.80. The summed E-state index contributed by atoms with van der Waals surface area (Å²) in [6, 6.07) is 7.84. The number of anilines is 1. The molecule has 0 saturated carbocycles. The number of rotatable bonds is 2. The minimum atomic E-state index is 0.0358. The number of likely N-dealkylation sites (N-methyl/N-ethyl adjacent to an activating group) is 1. The van der Waals surface area contributed by atoms with E-state index in [1.165, 1.54) is 5.56 Å². The Labute approximate surface area is 102 Å².